The molecule has 2 amide bonds. The minimum atomic E-state index is -0.137. The van der Waals surface area contributed by atoms with E-state index in [1.807, 2.05) is 54.0 Å². The molecule has 0 saturated carbocycles. The van der Waals surface area contributed by atoms with Crippen LogP contribution in [-0.2, 0) is 20.9 Å². The van der Waals surface area contributed by atoms with Gasteiger partial charge in [0.1, 0.15) is 18.4 Å². The van der Waals surface area contributed by atoms with Crippen molar-refractivity contribution in [2.24, 2.45) is 5.92 Å². The fourth-order valence-corrected chi connectivity index (χ4v) is 4.91. The highest BCUT2D eigenvalue weighted by Gasteiger charge is 2.35. The van der Waals surface area contributed by atoms with Gasteiger partial charge in [-0.25, -0.2) is 0 Å². The van der Waals surface area contributed by atoms with Gasteiger partial charge in [-0.3, -0.25) is 14.3 Å². The number of morpholine rings is 1. The number of likely N-dealkylation sites (tertiary alicyclic amines) is 1. The number of rotatable bonds is 6. The first-order chi connectivity index (χ1) is 15.9. The molecule has 33 heavy (non-hydrogen) atoms. The van der Waals surface area contributed by atoms with Gasteiger partial charge in [0, 0.05) is 55.1 Å². The molecular weight excluding hydrogens is 488 g/mol. The lowest BCUT2D eigenvalue weighted by Crippen LogP contribution is -2.51. The first-order valence-electron chi connectivity index (χ1n) is 11.5. The SMILES string of the molecule is Cc1cc(C)n(CC(=O)N2CC[C@H](Oc3cccc(Br)c3)[C@@H](CC(=O)N3CCOCC3)C2)n1. The molecule has 2 atom stereocenters. The van der Waals surface area contributed by atoms with Gasteiger partial charge < -0.3 is 19.3 Å². The molecule has 2 saturated heterocycles. The second kappa shape index (κ2) is 10.7. The molecule has 9 heteroatoms. The van der Waals surface area contributed by atoms with Crippen LogP contribution in [0.25, 0.3) is 0 Å². The Kier molecular flexibility index (Phi) is 7.70. The molecule has 1 aromatic heterocycles. The van der Waals surface area contributed by atoms with Crippen LogP contribution in [-0.4, -0.2) is 76.9 Å². The van der Waals surface area contributed by atoms with Crippen molar-refractivity contribution < 1.29 is 19.1 Å². The number of ether oxygens (including phenoxy) is 2. The zero-order valence-electron chi connectivity index (χ0n) is 19.2. The zero-order valence-corrected chi connectivity index (χ0v) is 20.8. The Morgan fingerprint density at radius 1 is 1.12 bits per heavy atom. The van der Waals surface area contributed by atoms with Crippen LogP contribution in [0.5, 0.6) is 5.75 Å². The Morgan fingerprint density at radius 2 is 1.91 bits per heavy atom. The van der Waals surface area contributed by atoms with E-state index in [4.69, 9.17) is 9.47 Å². The molecule has 0 aliphatic carbocycles. The maximum atomic E-state index is 13.1. The lowest BCUT2D eigenvalue weighted by molar-refractivity contribution is -0.141. The average Bonchev–Trinajstić information content (AvgIpc) is 3.11. The number of amides is 2. The lowest BCUT2D eigenvalue weighted by atomic mass is 9.90. The number of aryl methyl sites for hydroxylation is 2. The van der Waals surface area contributed by atoms with E-state index < -0.39 is 0 Å². The summed E-state index contributed by atoms with van der Waals surface area (Å²) in [6.45, 7) is 7.55. The number of carbonyl (C=O) groups excluding carboxylic acids is 2. The Morgan fingerprint density at radius 3 is 2.61 bits per heavy atom. The number of hydrogen-bond acceptors (Lipinski definition) is 5. The molecule has 8 nitrogen and oxygen atoms in total. The zero-order chi connectivity index (χ0) is 23.4. The number of carbonyl (C=O) groups is 2. The molecule has 2 fully saturated rings. The predicted octanol–water partition coefficient (Wildman–Crippen LogP) is 2.81. The van der Waals surface area contributed by atoms with E-state index in [2.05, 4.69) is 21.0 Å². The molecule has 4 rings (SSSR count). The second-order valence-electron chi connectivity index (χ2n) is 8.78. The van der Waals surface area contributed by atoms with E-state index in [0.29, 0.717) is 52.2 Å². The van der Waals surface area contributed by atoms with E-state index in [1.165, 1.54) is 0 Å². The van der Waals surface area contributed by atoms with Gasteiger partial charge in [-0.05, 0) is 38.1 Å². The molecule has 3 heterocycles. The van der Waals surface area contributed by atoms with E-state index in [0.717, 1.165) is 21.6 Å². The first kappa shape index (κ1) is 23.8. The van der Waals surface area contributed by atoms with Crippen molar-refractivity contribution in [3.05, 3.63) is 46.2 Å². The van der Waals surface area contributed by atoms with E-state index in [1.54, 1.807) is 4.68 Å². The van der Waals surface area contributed by atoms with Crippen molar-refractivity contribution in [3.8, 4) is 5.75 Å². The summed E-state index contributed by atoms with van der Waals surface area (Å²) in [6, 6.07) is 9.70. The quantitative estimate of drug-likeness (QED) is 0.587. The van der Waals surface area contributed by atoms with Gasteiger partial charge >= 0.3 is 0 Å². The van der Waals surface area contributed by atoms with E-state index in [-0.39, 0.29) is 30.4 Å². The third-order valence-electron chi connectivity index (χ3n) is 6.29. The number of benzene rings is 1. The number of hydrogen-bond donors (Lipinski definition) is 0. The predicted molar refractivity (Wildman–Crippen MR) is 127 cm³/mol. The van der Waals surface area contributed by atoms with Crippen molar-refractivity contribution in [3.63, 3.8) is 0 Å². The Hall–Kier alpha value is -2.39. The highest BCUT2D eigenvalue weighted by molar-refractivity contribution is 9.10. The summed E-state index contributed by atoms with van der Waals surface area (Å²) in [4.78, 5) is 29.8. The smallest absolute Gasteiger partial charge is 0.244 e. The Balaban J connectivity index is 1.46. The van der Waals surface area contributed by atoms with Crippen LogP contribution in [0.2, 0.25) is 0 Å². The minimum Gasteiger partial charge on any atom is -0.490 e. The average molecular weight is 519 g/mol. The second-order valence-corrected chi connectivity index (χ2v) is 9.70. The van der Waals surface area contributed by atoms with Crippen molar-refractivity contribution in [2.75, 3.05) is 39.4 Å². The fourth-order valence-electron chi connectivity index (χ4n) is 4.53. The number of halogens is 1. The topological polar surface area (TPSA) is 76.9 Å². The number of piperidine rings is 1. The molecule has 0 unspecified atom stereocenters. The van der Waals surface area contributed by atoms with Gasteiger partial charge in [-0.2, -0.15) is 5.10 Å². The highest BCUT2D eigenvalue weighted by Crippen LogP contribution is 2.28. The molecule has 0 spiro atoms. The van der Waals surface area contributed by atoms with Crippen LogP contribution < -0.4 is 4.74 Å². The molecule has 2 aliphatic rings. The van der Waals surface area contributed by atoms with Crippen LogP contribution in [0.3, 0.4) is 0 Å². The van der Waals surface area contributed by atoms with Crippen LogP contribution in [0, 0.1) is 19.8 Å². The fraction of sp³-hybridized carbons (Fsp3) is 0.542. The summed E-state index contributed by atoms with van der Waals surface area (Å²) >= 11 is 3.49. The molecule has 0 radical (unpaired) electrons. The first-order valence-corrected chi connectivity index (χ1v) is 12.2. The lowest BCUT2D eigenvalue weighted by Gasteiger charge is -2.39. The summed E-state index contributed by atoms with van der Waals surface area (Å²) in [5.41, 5.74) is 1.86. The monoisotopic (exact) mass is 518 g/mol. The number of nitrogens with zero attached hydrogens (tertiary/aromatic N) is 4. The van der Waals surface area contributed by atoms with Crippen molar-refractivity contribution >= 4 is 27.7 Å². The van der Waals surface area contributed by atoms with Gasteiger partial charge in [-0.1, -0.05) is 22.0 Å². The highest BCUT2D eigenvalue weighted by atomic mass is 79.9. The molecule has 0 bridgehead atoms. The maximum absolute atomic E-state index is 13.1. The maximum Gasteiger partial charge on any atom is 0.244 e. The van der Waals surface area contributed by atoms with Crippen LogP contribution in [0.1, 0.15) is 24.2 Å². The molecule has 1 aromatic carbocycles. The minimum absolute atomic E-state index is 0.0194. The van der Waals surface area contributed by atoms with Gasteiger partial charge in [0.15, 0.2) is 0 Å². The number of aromatic nitrogens is 2. The molecular formula is C24H31BrN4O4. The molecule has 2 aliphatic heterocycles. The normalized spacial score (nSPS) is 21.2. The molecule has 178 valence electrons. The summed E-state index contributed by atoms with van der Waals surface area (Å²) in [5, 5.41) is 4.42. The summed E-state index contributed by atoms with van der Waals surface area (Å²) in [7, 11) is 0. The molecule has 0 N–H and O–H groups in total. The van der Waals surface area contributed by atoms with Crippen molar-refractivity contribution in [1.29, 1.82) is 0 Å². The van der Waals surface area contributed by atoms with Gasteiger partial charge in [0.05, 0.1) is 18.9 Å². The standard InChI is InChI=1S/C24H31BrN4O4/c1-17-12-18(2)29(26-17)16-24(31)28-7-6-22(33-21-5-3-4-20(25)14-21)19(15-28)13-23(30)27-8-10-32-11-9-27/h3-5,12,14,19,22H,6-11,13,15-16H2,1-2H3/t19-,22-/m0/s1. The van der Waals surface area contributed by atoms with E-state index in [9.17, 15) is 9.59 Å². The van der Waals surface area contributed by atoms with Gasteiger partial charge in [0.25, 0.3) is 0 Å². The third-order valence-corrected chi connectivity index (χ3v) is 6.78. The van der Waals surface area contributed by atoms with Crippen LogP contribution >= 0.6 is 15.9 Å². The summed E-state index contributed by atoms with van der Waals surface area (Å²) < 4.78 is 14.4. The van der Waals surface area contributed by atoms with Gasteiger partial charge in [-0.15, -0.1) is 0 Å². The van der Waals surface area contributed by atoms with Crippen LogP contribution in [0.4, 0.5) is 0 Å². The largest absolute Gasteiger partial charge is 0.490 e. The third kappa shape index (κ3) is 6.14. The van der Waals surface area contributed by atoms with E-state index >= 15 is 0 Å². The van der Waals surface area contributed by atoms with Crippen molar-refractivity contribution in [2.45, 2.75) is 39.3 Å². The Labute approximate surface area is 202 Å². The molecule has 2 aromatic rings. The summed E-state index contributed by atoms with van der Waals surface area (Å²) in [6.07, 6.45) is 0.890. The van der Waals surface area contributed by atoms with Crippen LogP contribution in [0.15, 0.2) is 34.8 Å². The van der Waals surface area contributed by atoms with Gasteiger partial charge in [0.2, 0.25) is 11.8 Å². The Bertz CT molecular complexity index is 989. The van der Waals surface area contributed by atoms with Crippen molar-refractivity contribution in [1.82, 2.24) is 19.6 Å². The summed E-state index contributed by atoms with van der Waals surface area (Å²) in [5.74, 6) is 0.794.